The van der Waals surface area contributed by atoms with Gasteiger partial charge in [-0.25, -0.2) is 19.3 Å². The van der Waals surface area contributed by atoms with Crippen molar-refractivity contribution in [1.29, 1.82) is 0 Å². The first-order valence-corrected chi connectivity index (χ1v) is 6.96. The highest BCUT2D eigenvalue weighted by Gasteiger charge is 2.05. The predicted molar refractivity (Wildman–Crippen MR) is 82.7 cm³/mol. The summed E-state index contributed by atoms with van der Waals surface area (Å²) >= 11 is 0. The van der Waals surface area contributed by atoms with Crippen molar-refractivity contribution in [1.82, 2.24) is 19.4 Å². The third-order valence-electron chi connectivity index (χ3n) is 3.36. The van der Waals surface area contributed by atoms with Gasteiger partial charge >= 0.3 is 6.01 Å². The molecule has 4 aromatic rings. The van der Waals surface area contributed by atoms with Gasteiger partial charge in [0, 0.05) is 42.6 Å². The van der Waals surface area contributed by atoms with Crippen LogP contribution in [0.4, 0.5) is 4.39 Å². The van der Waals surface area contributed by atoms with Crippen molar-refractivity contribution in [2.24, 2.45) is 0 Å². The number of benzene rings is 1. The Morgan fingerprint density at radius 1 is 0.913 bits per heavy atom. The van der Waals surface area contributed by atoms with Crippen LogP contribution in [0.25, 0.3) is 16.8 Å². The van der Waals surface area contributed by atoms with Gasteiger partial charge in [-0.3, -0.25) is 0 Å². The van der Waals surface area contributed by atoms with Crippen LogP contribution in [0, 0.1) is 5.82 Å². The number of nitrogens with zero attached hydrogens (tertiary/aromatic N) is 4. The fraction of sp³-hybridized carbons (Fsp3) is 0. The molecule has 112 valence electrons. The Labute approximate surface area is 131 Å². The molecule has 23 heavy (non-hydrogen) atoms. The van der Waals surface area contributed by atoms with Gasteiger partial charge in [0.05, 0.1) is 0 Å². The minimum Gasteiger partial charge on any atom is -0.424 e. The Morgan fingerprint density at radius 2 is 1.78 bits per heavy atom. The maximum Gasteiger partial charge on any atom is 0.321 e. The summed E-state index contributed by atoms with van der Waals surface area (Å²) in [6.45, 7) is 0. The van der Waals surface area contributed by atoms with Crippen molar-refractivity contribution in [3.05, 3.63) is 73.2 Å². The molecule has 0 fully saturated rings. The molecule has 0 bridgehead atoms. The molecule has 6 heteroatoms. The minimum atomic E-state index is -0.368. The highest BCUT2D eigenvalue weighted by Crippen LogP contribution is 2.22. The SMILES string of the molecule is Fc1cccc(Oc2ncc(-c3ccn4ccnc4c3)cn2)c1. The lowest BCUT2D eigenvalue weighted by molar-refractivity contribution is 0.438. The first kappa shape index (κ1) is 13.4. The van der Waals surface area contributed by atoms with Gasteiger partial charge in [0.15, 0.2) is 0 Å². The van der Waals surface area contributed by atoms with E-state index >= 15 is 0 Å². The van der Waals surface area contributed by atoms with E-state index < -0.39 is 0 Å². The van der Waals surface area contributed by atoms with Gasteiger partial charge in [-0.05, 0) is 29.8 Å². The zero-order valence-corrected chi connectivity index (χ0v) is 11.9. The first-order chi connectivity index (χ1) is 11.3. The molecule has 0 aliphatic heterocycles. The first-order valence-electron chi connectivity index (χ1n) is 6.96. The third kappa shape index (κ3) is 2.74. The number of fused-ring (bicyclic) bond motifs is 1. The van der Waals surface area contributed by atoms with E-state index in [-0.39, 0.29) is 11.8 Å². The Balaban J connectivity index is 1.59. The van der Waals surface area contributed by atoms with Gasteiger partial charge in [-0.2, -0.15) is 0 Å². The molecule has 3 heterocycles. The molecule has 1 aromatic carbocycles. The van der Waals surface area contributed by atoms with E-state index in [1.807, 2.05) is 28.9 Å². The highest BCUT2D eigenvalue weighted by atomic mass is 19.1. The Kier molecular flexibility index (Phi) is 3.20. The van der Waals surface area contributed by atoms with E-state index in [0.29, 0.717) is 5.75 Å². The number of hydrogen-bond donors (Lipinski definition) is 0. The van der Waals surface area contributed by atoms with Crippen molar-refractivity contribution >= 4 is 5.65 Å². The average Bonchev–Trinajstić information content (AvgIpc) is 3.03. The number of halogens is 1. The highest BCUT2D eigenvalue weighted by molar-refractivity contribution is 5.65. The third-order valence-corrected chi connectivity index (χ3v) is 3.36. The smallest absolute Gasteiger partial charge is 0.321 e. The molecule has 4 rings (SSSR count). The van der Waals surface area contributed by atoms with Crippen LogP contribution < -0.4 is 4.74 Å². The summed E-state index contributed by atoms with van der Waals surface area (Å²) in [6, 6.07) is 9.92. The molecule has 0 aliphatic rings. The van der Waals surface area contributed by atoms with Crippen molar-refractivity contribution in [3.63, 3.8) is 0 Å². The second kappa shape index (κ2) is 5.49. The molecule has 0 saturated heterocycles. The zero-order chi connectivity index (χ0) is 15.6. The Morgan fingerprint density at radius 3 is 2.61 bits per heavy atom. The molecule has 0 amide bonds. The average molecular weight is 306 g/mol. The normalized spacial score (nSPS) is 10.8. The van der Waals surface area contributed by atoms with Crippen molar-refractivity contribution in [2.45, 2.75) is 0 Å². The predicted octanol–water partition coefficient (Wildman–Crippen LogP) is 3.72. The van der Waals surface area contributed by atoms with E-state index in [1.54, 1.807) is 30.7 Å². The maximum atomic E-state index is 13.1. The topological polar surface area (TPSA) is 52.3 Å². The second-order valence-electron chi connectivity index (χ2n) is 4.92. The number of ether oxygens (including phenoxy) is 1. The molecule has 0 unspecified atom stereocenters. The second-order valence-corrected chi connectivity index (χ2v) is 4.92. The van der Waals surface area contributed by atoms with Gasteiger partial charge < -0.3 is 9.14 Å². The van der Waals surface area contributed by atoms with Gasteiger partial charge in [0.2, 0.25) is 0 Å². The van der Waals surface area contributed by atoms with Crippen LogP contribution in [-0.4, -0.2) is 19.4 Å². The molecule has 0 saturated carbocycles. The van der Waals surface area contributed by atoms with E-state index in [1.165, 1.54) is 12.1 Å². The van der Waals surface area contributed by atoms with E-state index in [4.69, 9.17) is 4.74 Å². The summed E-state index contributed by atoms with van der Waals surface area (Å²) in [5.41, 5.74) is 2.66. The maximum absolute atomic E-state index is 13.1. The van der Waals surface area contributed by atoms with Crippen LogP contribution in [-0.2, 0) is 0 Å². The largest absolute Gasteiger partial charge is 0.424 e. The van der Waals surface area contributed by atoms with Crippen molar-refractivity contribution < 1.29 is 9.13 Å². The lowest BCUT2D eigenvalue weighted by Gasteiger charge is -2.05. The number of pyridine rings is 1. The van der Waals surface area contributed by atoms with Gasteiger partial charge in [0.25, 0.3) is 0 Å². The van der Waals surface area contributed by atoms with E-state index in [2.05, 4.69) is 15.0 Å². The molecule has 0 atom stereocenters. The molecular formula is C17H11FN4O. The summed E-state index contributed by atoms with van der Waals surface area (Å²) in [7, 11) is 0. The summed E-state index contributed by atoms with van der Waals surface area (Å²) in [6.07, 6.45) is 8.87. The molecular weight excluding hydrogens is 295 g/mol. The van der Waals surface area contributed by atoms with Gasteiger partial charge in [-0.1, -0.05) is 6.07 Å². The van der Waals surface area contributed by atoms with Gasteiger partial charge in [0.1, 0.15) is 17.2 Å². The molecule has 0 N–H and O–H groups in total. The quantitative estimate of drug-likeness (QED) is 0.579. The van der Waals surface area contributed by atoms with E-state index in [9.17, 15) is 4.39 Å². The van der Waals surface area contributed by atoms with Crippen LogP contribution in [0.5, 0.6) is 11.8 Å². The van der Waals surface area contributed by atoms with Crippen molar-refractivity contribution in [2.75, 3.05) is 0 Å². The van der Waals surface area contributed by atoms with E-state index in [0.717, 1.165) is 16.8 Å². The molecule has 0 radical (unpaired) electrons. The summed E-state index contributed by atoms with van der Waals surface area (Å²) in [4.78, 5) is 12.6. The monoisotopic (exact) mass is 306 g/mol. The number of aromatic nitrogens is 4. The van der Waals surface area contributed by atoms with Crippen LogP contribution >= 0.6 is 0 Å². The Bertz CT molecular complexity index is 966. The number of imidazole rings is 1. The van der Waals surface area contributed by atoms with Crippen LogP contribution in [0.15, 0.2) is 67.4 Å². The minimum absolute atomic E-state index is 0.168. The van der Waals surface area contributed by atoms with Crippen LogP contribution in [0.3, 0.4) is 0 Å². The fourth-order valence-electron chi connectivity index (χ4n) is 2.24. The molecule has 5 nitrogen and oxygen atoms in total. The van der Waals surface area contributed by atoms with Crippen LogP contribution in [0.1, 0.15) is 0 Å². The lowest BCUT2D eigenvalue weighted by Crippen LogP contribution is -1.93. The summed E-state index contributed by atoms with van der Waals surface area (Å²) < 4.78 is 20.5. The molecule has 0 aliphatic carbocycles. The van der Waals surface area contributed by atoms with Crippen LogP contribution in [0.2, 0.25) is 0 Å². The number of rotatable bonds is 3. The summed E-state index contributed by atoms with van der Waals surface area (Å²) in [5, 5.41) is 0. The molecule has 3 aromatic heterocycles. The summed E-state index contributed by atoms with van der Waals surface area (Å²) in [5.74, 6) is -0.0105. The lowest BCUT2D eigenvalue weighted by atomic mass is 10.1. The fourth-order valence-corrected chi connectivity index (χ4v) is 2.24. The molecule has 0 spiro atoms. The van der Waals surface area contributed by atoms with Crippen molar-refractivity contribution in [3.8, 4) is 22.9 Å². The number of hydrogen-bond acceptors (Lipinski definition) is 4. The Hall–Kier alpha value is -3.28. The van der Waals surface area contributed by atoms with Gasteiger partial charge in [-0.15, -0.1) is 0 Å². The standard InChI is InChI=1S/C17H11FN4O/c18-14-2-1-3-15(9-14)23-17-20-10-13(11-21-17)12-4-6-22-7-5-19-16(22)8-12/h1-11H. The zero-order valence-electron chi connectivity index (χ0n) is 11.9.